The summed E-state index contributed by atoms with van der Waals surface area (Å²) in [5, 5.41) is 3.70. The second kappa shape index (κ2) is 15.6. The molecule has 0 saturated heterocycles. The van der Waals surface area contributed by atoms with Crippen molar-refractivity contribution in [2.24, 2.45) is 11.8 Å². The fourth-order valence-corrected chi connectivity index (χ4v) is 9.83. The highest BCUT2D eigenvalue weighted by Gasteiger charge is 2.58. The molecule has 1 N–H and O–H groups in total. The molecule has 0 bridgehead atoms. The maximum atomic E-state index is 3.70. The summed E-state index contributed by atoms with van der Waals surface area (Å²) in [6, 6.07) is 37.9. The van der Waals surface area contributed by atoms with Gasteiger partial charge in [0.25, 0.3) is 0 Å². The molecule has 6 aliphatic carbocycles. The Labute approximate surface area is 356 Å². The van der Waals surface area contributed by atoms with Crippen LogP contribution in [-0.2, 0) is 0 Å². The number of hydrogen-bond donors (Lipinski definition) is 1. The van der Waals surface area contributed by atoms with Crippen molar-refractivity contribution >= 4 is 28.4 Å². The standard InChI is InChI=1S/C56H54N4/c1-41-15-9-10-19-47(35-41)57-46-26-28-49(29-27-46)58(52-32-34-56(40-45(56)38-52)59(50-20-7-4-8-21-50)53-24-12-16-42(2)36-53)48-22-14-23-51(31-30-48)60(54-25-13-17-43(3)37-54)55-33-11-5-6-18-44(55)39-55/h4,6-13,15-18,20-38,44-45,57H,5,14,19,39-40H2,1-3H3. The van der Waals surface area contributed by atoms with Crippen LogP contribution in [0.2, 0.25) is 0 Å². The van der Waals surface area contributed by atoms with E-state index in [-0.39, 0.29) is 11.1 Å². The van der Waals surface area contributed by atoms with Crippen molar-refractivity contribution in [2.75, 3.05) is 20.0 Å². The third-order valence-electron chi connectivity index (χ3n) is 12.9. The molecule has 0 spiro atoms. The molecule has 298 valence electrons. The van der Waals surface area contributed by atoms with Crippen LogP contribution in [0.15, 0.2) is 223 Å². The minimum absolute atomic E-state index is 0.0488. The maximum Gasteiger partial charge on any atom is 0.0708 e. The second-order valence-electron chi connectivity index (χ2n) is 17.3. The number of anilines is 5. The van der Waals surface area contributed by atoms with Gasteiger partial charge in [-0.05, 0) is 148 Å². The molecule has 6 aliphatic rings. The number of fused-ring (bicyclic) bond motifs is 2. The SMILES string of the molecule is CC1=CC=CCC(Nc2ccc(N(C3=CCC=C(N(c4cccc(C)c4)C45C=CCC=CC4C5)C=C3)C3=CC4CC4(N(c4ccccc4)c4cccc(C)c4)C=C3)cc2)=C1. The van der Waals surface area contributed by atoms with Gasteiger partial charge in [-0.1, -0.05) is 109 Å². The first kappa shape index (κ1) is 37.7. The average Bonchev–Trinajstić information content (AvgIpc) is 4.16. The van der Waals surface area contributed by atoms with Crippen molar-refractivity contribution in [1.29, 1.82) is 0 Å². The van der Waals surface area contributed by atoms with E-state index in [1.54, 1.807) is 0 Å². The Morgan fingerprint density at radius 1 is 0.583 bits per heavy atom. The van der Waals surface area contributed by atoms with Crippen molar-refractivity contribution in [1.82, 2.24) is 0 Å². The highest BCUT2D eigenvalue weighted by atomic mass is 15.3. The summed E-state index contributed by atoms with van der Waals surface area (Å²) >= 11 is 0. The van der Waals surface area contributed by atoms with Gasteiger partial charge in [0.1, 0.15) is 0 Å². The van der Waals surface area contributed by atoms with Crippen molar-refractivity contribution < 1.29 is 0 Å². The quantitative estimate of drug-likeness (QED) is 0.153. The molecule has 2 fully saturated rings. The lowest BCUT2D eigenvalue weighted by Gasteiger charge is -2.36. The molecule has 0 aliphatic heterocycles. The smallest absolute Gasteiger partial charge is 0.0708 e. The van der Waals surface area contributed by atoms with Gasteiger partial charge in [-0.2, -0.15) is 0 Å². The van der Waals surface area contributed by atoms with Gasteiger partial charge >= 0.3 is 0 Å². The molecule has 4 aromatic rings. The van der Waals surface area contributed by atoms with Crippen LogP contribution < -0.4 is 20.0 Å². The van der Waals surface area contributed by atoms with Crippen LogP contribution in [0, 0.1) is 25.7 Å². The molecule has 0 aromatic heterocycles. The van der Waals surface area contributed by atoms with E-state index in [1.165, 1.54) is 56.6 Å². The number of allylic oxidation sites excluding steroid dienone is 12. The third-order valence-corrected chi connectivity index (χ3v) is 12.9. The first-order valence-corrected chi connectivity index (χ1v) is 21.7. The largest absolute Gasteiger partial charge is 0.359 e. The van der Waals surface area contributed by atoms with E-state index < -0.39 is 0 Å². The van der Waals surface area contributed by atoms with Crippen LogP contribution in [-0.4, -0.2) is 11.1 Å². The van der Waals surface area contributed by atoms with Crippen LogP contribution in [0.25, 0.3) is 0 Å². The molecule has 4 atom stereocenters. The summed E-state index contributed by atoms with van der Waals surface area (Å²) in [6.07, 6.45) is 40.2. The van der Waals surface area contributed by atoms with Crippen LogP contribution in [0.5, 0.6) is 0 Å². The summed E-state index contributed by atoms with van der Waals surface area (Å²) in [5.74, 6) is 0.858. The number of benzene rings is 4. The zero-order valence-electron chi connectivity index (χ0n) is 35.0. The Morgan fingerprint density at radius 2 is 1.28 bits per heavy atom. The number of hydrogen-bond acceptors (Lipinski definition) is 4. The lowest BCUT2D eigenvalue weighted by molar-refractivity contribution is 0.734. The van der Waals surface area contributed by atoms with Crippen molar-refractivity contribution in [2.45, 2.75) is 64.0 Å². The van der Waals surface area contributed by atoms with Crippen LogP contribution in [0.1, 0.15) is 50.2 Å². The Kier molecular flexibility index (Phi) is 9.80. The van der Waals surface area contributed by atoms with Gasteiger partial charge in [0.15, 0.2) is 0 Å². The van der Waals surface area contributed by atoms with E-state index in [0.717, 1.165) is 43.5 Å². The van der Waals surface area contributed by atoms with Gasteiger partial charge < -0.3 is 20.0 Å². The Morgan fingerprint density at radius 3 is 2.05 bits per heavy atom. The highest BCUT2D eigenvalue weighted by Crippen LogP contribution is 2.58. The molecule has 60 heavy (non-hydrogen) atoms. The van der Waals surface area contributed by atoms with Crippen LogP contribution in [0.4, 0.5) is 28.4 Å². The zero-order valence-corrected chi connectivity index (χ0v) is 35.0. The fraction of sp³-hybridized carbons (Fsp3) is 0.214. The van der Waals surface area contributed by atoms with E-state index in [1.807, 2.05) is 0 Å². The van der Waals surface area contributed by atoms with Gasteiger partial charge in [-0.3, -0.25) is 0 Å². The van der Waals surface area contributed by atoms with Gasteiger partial charge in [-0.15, -0.1) is 0 Å². The summed E-state index contributed by atoms with van der Waals surface area (Å²) in [5.41, 5.74) is 14.4. The van der Waals surface area contributed by atoms with Crippen molar-refractivity contribution in [3.63, 3.8) is 0 Å². The number of aryl methyl sites for hydroxylation is 2. The molecule has 4 unspecified atom stereocenters. The summed E-state index contributed by atoms with van der Waals surface area (Å²) in [6.45, 7) is 6.54. The molecule has 10 rings (SSSR count). The second-order valence-corrected chi connectivity index (χ2v) is 17.3. The predicted octanol–water partition coefficient (Wildman–Crippen LogP) is 13.9. The van der Waals surface area contributed by atoms with E-state index >= 15 is 0 Å². The molecule has 4 nitrogen and oxygen atoms in total. The van der Waals surface area contributed by atoms with E-state index in [0.29, 0.717) is 11.8 Å². The fourth-order valence-electron chi connectivity index (χ4n) is 9.83. The highest BCUT2D eigenvalue weighted by molar-refractivity contribution is 5.74. The molecule has 0 amide bonds. The lowest BCUT2D eigenvalue weighted by atomic mass is 10.0. The minimum atomic E-state index is -0.122. The Balaban J connectivity index is 1.01. The molecule has 4 aromatic carbocycles. The summed E-state index contributed by atoms with van der Waals surface area (Å²) < 4.78 is 0. The van der Waals surface area contributed by atoms with Crippen molar-refractivity contribution in [3.8, 4) is 0 Å². The van der Waals surface area contributed by atoms with Gasteiger partial charge in [0.2, 0.25) is 0 Å². The number of nitrogens with one attached hydrogen (secondary N) is 1. The lowest BCUT2D eigenvalue weighted by Crippen LogP contribution is -2.36. The molecule has 0 radical (unpaired) electrons. The zero-order chi connectivity index (χ0) is 40.7. The first-order valence-electron chi connectivity index (χ1n) is 21.7. The third kappa shape index (κ3) is 7.25. The molecule has 2 saturated carbocycles. The van der Waals surface area contributed by atoms with E-state index in [2.05, 4.69) is 235 Å². The summed E-state index contributed by atoms with van der Waals surface area (Å²) in [4.78, 5) is 7.65. The van der Waals surface area contributed by atoms with Crippen LogP contribution in [0.3, 0.4) is 0 Å². The van der Waals surface area contributed by atoms with Gasteiger partial charge in [-0.25, -0.2) is 0 Å². The first-order chi connectivity index (χ1) is 29.4. The van der Waals surface area contributed by atoms with E-state index in [9.17, 15) is 0 Å². The van der Waals surface area contributed by atoms with Gasteiger partial charge in [0.05, 0.1) is 11.1 Å². The van der Waals surface area contributed by atoms with Crippen molar-refractivity contribution in [3.05, 3.63) is 234 Å². The Bertz CT molecular complexity index is 2610. The van der Waals surface area contributed by atoms with E-state index in [4.69, 9.17) is 0 Å². The minimum Gasteiger partial charge on any atom is -0.359 e. The molecule has 0 heterocycles. The number of nitrogens with zero attached hydrogens (tertiary/aromatic N) is 3. The topological polar surface area (TPSA) is 21.8 Å². The monoisotopic (exact) mass is 782 g/mol. The predicted molar refractivity (Wildman–Crippen MR) is 253 cm³/mol. The maximum absolute atomic E-state index is 3.70. The summed E-state index contributed by atoms with van der Waals surface area (Å²) in [7, 11) is 0. The van der Waals surface area contributed by atoms with Gasteiger partial charge in [0, 0.05) is 69.5 Å². The number of rotatable bonds is 11. The molecular formula is C56H54N4. The molecule has 4 heteroatoms. The average molecular weight is 783 g/mol. The Hall–Kier alpha value is -6.52. The normalized spacial score (nSPS) is 24.6. The van der Waals surface area contributed by atoms with Crippen LogP contribution >= 0.6 is 0 Å². The molecular weight excluding hydrogens is 729 g/mol. The number of para-hydroxylation sites is 1.